The van der Waals surface area contributed by atoms with Gasteiger partial charge in [-0.05, 0) is 38.0 Å². The third kappa shape index (κ3) is 3.91. The van der Waals surface area contributed by atoms with E-state index in [-0.39, 0.29) is 17.3 Å². The van der Waals surface area contributed by atoms with Gasteiger partial charge in [0, 0.05) is 16.9 Å². The van der Waals surface area contributed by atoms with Crippen LogP contribution in [0, 0.1) is 0 Å². The fourth-order valence-corrected chi connectivity index (χ4v) is 3.47. The van der Waals surface area contributed by atoms with E-state index >= 15 is 0 Å². The minimum absolute atomic E-state index is 0.0713. The standard InChI is InChI=1S/C21H20O5S/c1-13(22)16-5-4-6-17(11-16)18-19(26-21(2,3)20(18)23)15-9-7-14(8-10-15)12-27(24)25/h4-11H,12H2,1-3H3,(H,24,25)/p-1. The molecule has 6 heteroatoms. The van der Waals surface area contributed by atoms with Crippen molar-refractivity contribution in [2.75, 3.05) is 0 Å². The van der Waals surface area contributed by atoms with Gasteiger partial charge in [-0.25, -0.2) is 0 Å². The number of ketones is 2. The number of carbonyl (C=O) groups is 2. The van der Waals surface area contributed by atoms with E-state index in [1.54, 1.807) is 62.4 Å². The molecular weight excluding hydrogens is 364 g/mol. The first kappa shape index (κ1) is 19.2. The smallest absolute Gasteiger partial charge is 0.210 e. The van der Waals surface area contributed by atoms with Crippen LogP contribution in [0.5, 0.6) is 0 Å². The third-order valence-electron chi connectivity index (χ3n) is 4.42. The van der Waals surface area contributed by atoms with Gasteiger partial charge in [-0.15, -0.1) is 0 Å². The zero-order chi connectivity index (χ0) is 19.8. The molecule has 1 aliphatic rings. The summed E-state index contributed by atoms with van der Waals surface area (Å²) >= 11 is -2.17. The maximum absolute atomic E-state index is 13.0. The number of Topliss-reactive ketones (excluding diaryl/α,β-unsaturated/α-hetero) is 2. The van der Waals surface area contributed by atoms with E-state index in [1.165, 1.54) is 6.92 Å². The van der Waals surface area contributed by atoms with Crippen LogP contribution in [0.3, 0.4) is 0 Å². The van der Waals surface area contributed by atoms with E-state index in [1.807, 2.05) is 0 Å². The Balaban J connectivity index is 2.11. The van der Waals surface area contributed by atoms with Crippen molar-refractivity contribution in [3.63, 3.8) is 0 Å². The minimum Gasteiger partial charge on any atom is -0.772 e. The average Bonchev–Trinajstić information content (AvgIpc) is 2.85. The first-order chi connectivity index (χ1) is 12.7. The molecule has 1 atom stereocenters. The summed E-state index contributed by atoms with van der Waals surface area (Å²) in [4.78, 5) is 24.7. The van der Waals surface area contributed by atoms with Crippen molar-refractivity contribution in [3.05, 3.63) is 70.8 Å². The first-order valence-corrected chi connectivity index (χ1v) is 9.68. The monoisotopic (exact) mass is 383 g/mol. The van der Waals surface area contributed by atoms with Gasteiger partial charge in [0.15, 0.2) is 11.4 Å². The summed E-state index contributed by atoms with van der Waals surface area (Å²) in [5.74, 6) is 0.112. The predicted molar refractivity (Wildman–Crippen MR) is 102 cm³/mol. The second-order valence-electron chi connectivity index (χ2n) is 6.93. The summed E-state index contributed by atoms with van der Waals surface area (Å²) < 4.78 is 27.7. The minimum atomic E-state index is -2.17. The summed E-state index contributed by atoms with van der Waals surface area (Å²) in [5.41, 5.74) is 1.87. The quantitative estimate of drug-likeness (QED) is 0.583. The number of hydrogen-bond donors (Lipinski definition) is 0. The summed E-state index contributed by atoms with van der Waals surface area (Å²) in [7, 11) is 0. The van der Waals surface area contributed by atoms with Crippen molar-refractivity contribution >= 4 is 34.0 Å². The van der Waals surface area contributed by atoms with Crippen molar-refractivity contribution in [3.8, 4) is 0 Å². The Bertz CT molecular complexity index is 970. The van der Waals surface area contributed by atoms with Gasteiger partial charge in [0.1, 0.15) is 5.76 Å². The fourth-order valence-electron chi connectivity index (χ4n) is 3.00. The normalized spacial score (nSPS) is 17.0. The van der Waals surface area contributed by atoms with Crippen LogP contribution >= 0.6 is 0 Å². The van der Waals surface area contributed by atoms with Crippen LogP contribution in [-0.2, 0) is 26.4 Å². The predicted octanol–water partition coefficient (Wildman–Crippen LogP) is 3.51. The third-order valence-corrected chi connectivity index (χ3v) is 4.99. The lowest BCUT2D eigenvalue weighted by atomic mass is 9.91. The van der Waals surface area contributed by atoms with Gasteiger partial charge < -0.3 is 9.29 Å². The van der Waals surface area contributed by atoms with E-state index in [2.05, 4.69) is 0 Å². The van der Waals surface area contributed by atoms with Crippen molar-refractivity contribution in [2.45, 2.75) is 32.1 Å². The van der Waals surface area contributed by atoms with E-state index in [9.17, 15) is 18.4 Å². The summed E-state index contributed by atoms with van der Waals surface area (Å²) in [6.45, 7) is 4.88. The molecule has 1 unspecified atom stereocenters. The Hall–Kier alpha value is -2.57. The molecule has 0 radical (unpaired) electrons. The molecule has 0 N–H and O–H groups in total. The second-order valence-corrected chi connectivity index (χ2v) is 7.82. The van der Waals surface area contributed by atoms with E-state index in [0.717, 1.165) is 0 Å². The fraction of sp³-hybridized carbons (Fsp3) is 0.238. The summed E-state index contributed by atoms with van der Waals surface area (Å²) in [6.07, 6.45) is 0. The molecule has 0 amide bonds. The molecule has 1 heterocycles. The molecule has 3 rings (SSSR count). The zero-order valence-corrected chi connectivity index (χ0v) is 16.1. The van der Waals surface area contributed by atoms with Crippen LogP contribution in [0.1, 0.15) is 47.8 Å². The molecule has 0 saturated heterocycles. The SMILES string of the molecule is CC(=O)c1cccc(C2=C(c3ccc(CS(=O)[O-])cc3)OC(C)(C)C2=O)c1. The number of hydrogen-bond acceptors (Lipinski definition) is 5. The lowest BCUT2D eigenvalue weighted by Crippen LogP contribution is -2.29. The second kappa shape index (κ2) is 7.21. The number of rotatable bonds is 5. The lowest BCUT2D eigenvalue weighted by molar-refractivity contribution is -0.125. The molecular formula is C21H19O5S-. The van der Waals surface area contributed by atoms with E-state index in [0.29, 0.717) is 33.6 Å². The van der Waals surface area contributed by atoms with Crippen LogP contribution in [0.15, 0.2) is 48.5 Å². The molecule has 0 saturated carbocycles. The molecule has 0 aliphatic carbocycles. The first-order valence-electron chi connectivity index (χ1n) is 8.43. The Morgan fingerprint density at radius 1 is 1.11 bits per heavy atom. The Morgan fingerprint density at radius 3 is 2.37 bits per heavy atom. The number of benzene rings is 2. The maximum Gasteiger partial charge on any atom is 0.210 e. The van der Waals surface area contributed by atoms with Gasteiger partial charge in [-0.1, -0.05) is 53.5 Å². The van der Waals surface area contributed by atoms with Crippen LogP contribution in [0.4, 0.5) is 0 Å². The van der Waals surface area contributed by atoms with Gasteiger partial charge in [0.25, 0.3) is 0 Å². The summed E-state index contributed by atoms with van der Waals surface area (Å²) in [5, 5.41) is 0. The molecule has 1 aliphatic heterocycles. The van der Waals surface area contributed by atoms with E-state index in [4.69, 9.17) is 4.74 Å². The molecule has 140 valence electrons. The Labute approximate surface area is 160 Å². The van der Waals surface area contributed by atoms with Crippen molar-refractivity contribution in [1.29, 1.82) is 0 Å². The Kier molecular flexibility index (Phi) is 5.13. The number of ether oxygens (including phenoxy) is 1. The highest BCUT2D eigenvalue weighted by molar-refractivity contribution is 7.78. The van der Waals surface area contributed by atoms with Crippen molar-refractivity contribution in [2.24, 2.45) is 0 Å². The largest absolute Gasteiger partial charge is 0.772 e. The molecule has 2 aromatic rings. The van der Waals surface area contributed by atoms with Crippen LogP contribution in [0.25, 0.3) is 11.3 Å². The van der Waals surface area contributed by atoms with Gasteiger partial charge >= 0.3 is 0 Å². The lowest BCUT2D eigenvalue weighted by Gasteiger charge is -2.18. The van der Waals surface area contributed by atoms with Gasteiger partial charge in [-0.2, -0.15) is 0 Å². The highest BCUT2D eigenvalue weighted by Gasteiger charge is 2.42. The molecule has 0 aromatic heterocycles. The molecule has 5 nitrogen and oxygen atoms in total. The van der Waals surface area contributed by atoms with Gasteiger partial charge in [0.05, 0.1) is 5.57 Å². The molecule has 0 fully saturated rings. The Morgan fingerprint density at radius 2 is 1.78 bits per heavy atom. The van der Waals surface area contributed by atoms with Crippen LogP contribution in [0.2, 0.25) is 0 Å². The van der Waals surface area contributed by atoms with Crippen LogP contribution in [-0.4, -0.2) is 25.9 Å². The number of carbonyl (C=O) groups excluding carboxylic acids is 2. The molecule has 0 bridgehead atoms. The highest BCUT2D eigenvalue weighted by atomic mass is 32.2. The van der Waals surface area contributed by atoms with Crippen LogP contribution < -0.4 is 0 Å². The average molecular weight is 383 g/mol. The zero-order valence-electron chi connectivity index (χ0n) is 15.3. The van der Waals surface area contributed by atoms with E-state index < -0.39 is 16.7 Å². The molecule has 0 spiro atoms. The van der Waals surface area contributed by atoms with Gasteiger partial charge in [0.2, 0.25) is 5.78 Å². The highest BCUT2D eigenvalue weighted by Crippen LogP contribution is 2.41. The van der Waals surface area contributed by atoms with Gasteiger partial charge in [-0.3, -0.25) is 13.8 Å². The summed E-state index contributed by atoms with van der Waals surface area (Å²) in [6, 6.07) is 13.8. The molecule has 2 aromatic carbocycles. The maximum atomic E-state index is 13.0. The van der Waals surface area contributed by atoms with Crippen molar-refractivity contribution < 1.29 is 23.1 Å². The topological polar surface area (TPSA) is 83.5 Å². The van der Waals surface area contributed by atoms with Crippen molar-refractivity contribution in [1.82, 2.24) is 0 Å². The molecule has 27 heavy (non-hydrogen) atoms.